The van der Waals surface area contributed by atoms with Gasteiger partial charge in [-0.05, 0) is 57.0 Å². The van der Waals surface area contributed by atoms with E-state index in [1.807, 2.05) is 0 Å². The highest BCUT2D eigenvalue weighted by molar-refractivity contribution is 9.10. The molecule has 4 heteroatoms. The molecule has 2 rings (SSSR count). The van der Waals surface area contributed by atoms with E-state index in [0.717, 1.165) is 28.8 Å². The molecule has 0 spiro atoms. The first-order valence-corrected chi connectivity index (χ1v) is 8.37. The number of nitrogens with zero attached hydrogens (tertiary/aromatic N) is 2. The summed E-state index contributed by atoms with van der Waals surface area (Å²) in [5.41, 5.74) is 6.12. The predicted octanol–water partition coefficient (Wildman–Crippen LogP) is 4.48. The number of halogens is 1. The van der Waals surface area contributed by atoms with E-state index in [1.54, 1.807) is 0 Å². The molecule has 0 radical (unpaired) electrons. The summed E-state index contributed by atoms with van der Waals surface area (Å²) in [5, 5.41) is 8.25. The summed E-state index contributed by atoms with van der Waals surface area (Å²) in [5.74, 6) is 0. The molecule has 1 N–H and O–H groups in total. The minimum absolute atomic E-state index is 0.298. The van der Waals surface area contributed by atoms with Crippen molar-refractivity contribution in [1.29, 1.82) is 0 Å². The maximum atomic E-state index is 4.76. The van der Waals surface area contributed by atoms with Gasteiger partial charge in [-0.1, -0.05) is 35.8 Å². The first kappa shape index (κ1) is 16.2. The topological polar surface area (TPSA) is 29.9 Å². The zero-order chi connectivity index (χ0) is 15.6. The third-order valence-electron chi connectivity index (χ3n) is 3.99. The van der Waals surface area contributed by atoms with Gasteiger partial charge < -0.3 is 5.32 Å². The second-order valence-corrected chi connectivity index (χ2v) is 6.31. The van der Waals surface area contributed by atoms with Crippen LogP contribution >= 0.6 is 15.9 Å². The van der Waals surface area contributed by atoms with Crippen LogP contribution in [0.4, 0.5) is 0 Å². The van der Waals surface area contributed by atoms with Crippen molar-refractivity contribution in [2.24, 2.45) is 0 Å². The molecule has 0 amide bonds. The zero-order valence-electron chi connectivity index (χ0n) is 13.5. The predicted molar refractivity (Wildman–Crippen MR) is 92.2 cm³/mol. The van der Waals surface area contributed by atoms with Crippen molar-refractivity contribution >= 4 is 15.9 Å². The molecular weight excluding hydrogens is 326 g/mol. The third-order valence-corrected chi connectivity index (χ3v) is 4.49. The summed E-state index contributed by atoms with van der Waals surface area (Å²) in [6.45, 7) is 11.7. The SMILES string of the molecule is CCNC(C)c1ccc(Br)cc1-n1nc(C)c(CC)c1C. The second-order valence-electron chi connectivity index (χ2n) is 5.40. The number of aryl methyl sites for hydroxylation is 1. The standard InChI is InChI=1S/C17H24BrN3/c1-6-15-12(4)20-21(13(15)5)17-10-14(18)8-9-16(17)11(3)19-7-2/h8-11,19H,6-7H2,1-5H3. The van der Waals surface area contributed by atoms with Gasteiger partial charge in [0.05, 0.1) is 11.4 Å². The minimum Gasteiger partial charge on any atom is -0.310 e. The number of benzene rings is 1. The maximum Gasteiger partial charge on any atom is 0.0707 e. The van der Waals surface area contributed by atoms with Gasteiger partial charge in [0, 0.05) is 16.2 Å². The smallest absolute Gasteiger partial charge is 0.0707 e. The highest BCUT2D eigenvalue weighted by Gasteiger charge is 2.17. The molecule has 1 unspecified atom stereocenters. The van der Waals surface area contributed by atoms with Crippen molar-refractivity contribution in [3.63, 3.8) is 0 Å². The van der Waals surface area contributed by atoms with E-state index in [1.165, 1.54) is 16.8 Å². The molecule has 1 aromatic heterocycles. The van der Waals surface area contributed by atoms with Crippen molar-refractivity contribution in [1.82, 2.24) is 15.1 Å². The van der Waals surface area contributed by atoms with Crippen LogP contribution in [-0.4, -0.2) is 16.3 Å². The Morgan fingerprint density at radius 3 is 2.57 bits per heavy atom. The number of hydrogen-bond donors (Lipinski definition) is 1. The average Bonchev–Trinajstić information content (AvgIpc) is 2.73. The highest BCUT2D eigenvalue weighted by atomic mass is 79.9. The molecule has 1 aromatic carbocycles. The number of aromatic nitrogens is 2. The summed E-state index contributed by atoms with van der Waals surface area (Å²) in [4.78, 5) is 0. The lowest BCUT2D eigenvalue weighted by atomic mass is 10.1. The molecule has 1 atom stereocenters. The molecule has 21 heavy (non-hydrogen) atoms. The lowest BCUT2D eigenvalue weighted by molar-refractivity contribution is 0.592. The molecule has 0 saturated heterocycles. The summed E-state index contributed by atoms with van der Waals surface area (Å²) in [7, 11) is 0. The molecule has 114 valence electrons. The van der Waals surface area contributed by atoms with E-state index in [4.69, 9.17) is 5.10 Å². The molecule has 0 aliphatic heterocycles. The van der Waals surface area contributed by atoms with Gasteiger partial charge in [0.1, 0.15) is 0 Å². The lowest BCUT2D eigenvalue weighted by Crippen LogP contribution is -2.20. The summed E-state index contributed by atoms with van der Waals surface area (Å²) >= 11 is 3.59. The van der Waals surface area contributed by atoms with E-state index < -0.39 is 0 Å². The van der Waals surface area contributed by atoms with Crippen molar-refractivity contribution in [3.8, 4) is 5.69 Å². The van der Waals surface area contributed by atoms with E-state index in [0.29, 0.717) is 6.04 Å². The number of nitrogens with one attached hydrogen (secondary N) is 1. The van der Waals surface area contributed by atoms with Gasteiger partial charge in [-0.3, -0.25) is 0 Å². The minimum atomic E-state index is 0.298. The monoisotopic (exact) mass is 349 g/mol. The quantitative estimate of drug-likeness (QED) is 0.861. The zero-order valence-corrected chi connectivity index (χ0v) is 15.1. The molecule has 2 aromatic rings. The van der Waals surface area contributed by atoms with Crippen LogP contribution in [0.2, 0.25) is 0 Å². The Morgan fingerprint density at radius 1 is 1.29 bits per heavy atom. The van der Waals surface area contributed by atoms with Gasteiger partial charge in [-0.25, -0.2) is 4.68 Å². The van der Waals surface area contributed by atoms with Gasteiger partial charge in [0.2, 0.25) is 0 Å². The largest absolute Gasteiger partial charge is 0.310 e. The number of hydrogen-bond acceptors (Lipinski definition) is 2. The van der Waals surface area contributed by atoms with Crippen LogP contribution < -0.4 is 5.32 Å². The third kappa shape index (κ3) is 3.22. The van der Waals surface area contributed by atoms with Crippen LogP contribution in [0.25, 0.3) is 5.69 Å². The fourth-order valence-electron chi connectivity index (χ4n) is 2.90. The highest BCUT2D eigenvalue weighted by Crippen LogP contribution is 2.28. The maximum absolute atomic E-state index is 4.76. The van der Waals surface area contributed by atoms with Crippen LogP contribution in [0, 0.1) is 13.8 Å². The summed E-state index contributed by atoms with van der Waals surface area (Å²) in [6, 6.07) is 6.72. The Balaban J connectivity index is 2.60. The summed E-state index contributed by atoms with van der Waals surface area (Å²) in [6.07, 6.45) is 1.02. The van der Waals surface area contributed by atoms with Gasteiger partial charge in [0.25, 0.3) is 0 Å². The van der Waals surface area contributed by atoms with E-state index in [-0.39, 0.29) is 0 Å². The van der Waals surface area contributed by atoms with Crippen LogP contribution in [0.15, 0.2) is 22.7 Å². The van der Waals surface area contributed by atoms with Crippen LogP contribution in [-0.2, 0) is 6.42 Å². The van der Waals surface area contributed by atoms with Crippen molar-refractivity contribution in [2.75, 3.05) is 6.54 Å². The fourth-order valence-corrected chi connectivity index (χ4v) is 3.25. The normalized spacial score (nSPS) is 12.7. The molecule has 1 heterocycles. The molecule has 3 nitrogen and oxygen atoms in total. The summed E-state index contributed by atoms with van der Waals surface area (Å²) < 4.78 is 3.16. The fraction of sp³-hybridized carbons (Fsp3) is 0.471. The molecule has 0 bridgehead atoms. The lowest BCUT2D eigenvalue weighted by Gasteiger charge is -2.18. The Labute approximate surface area is 135 Å². The van der Waals surface area contributed by atoms with E-state index in [9.17, 15) is 0 Å². The van der Waals surface area contributed by atoms with E-state index in [2.05, 4.69) is 78.7 Å². The van der Waals surface area contributed by atoms with Crippen molar-refractivity contribution in [2.45, 2.75) is 47.1 Å². The average molecular weight is 350 g/mol. The van der Waals surface area contributed by atoms with Gasteiger partial charge in [0.15, 0.2) is 0 Å². The molecular formula is C17H24BrN3. The van der Waals surface area contributed by atoms with Gasteiger partial charge in [-0.2, -0.15) is 5.10 Å². The van der Waals surface area contributed by atoms with Gasteiger partial charge >= 0.3 is 0 Å². The number of rotatable bonds is 5. The Hall–Kier alpha value is -1.13. The molecule has 0 fully saturated rings. The van der Waals surface area contributed by atoms with Gasteiger partial charge in [-0.15, -0.1) is 0 Å². The van der Waals surface area contributed by atoms with Crippen LogP contribution in [0.5, 0.6) is 0 Å². The second kappa shape index (κ2) is 6.75. The Bertz CT molecular complexity index is 631. The Morgan fingerprint density at radius 2 is 2.00 bits per heavy atom. The first-order valence-electron chi connectivity index (χ1n) is 7.57. The first-order chi connectivity index (χ1) is 9.99. The van der Waals surface area contributed by atoms with E-state index >= 15 is 0 Å². The van der Waals surface area contributed by atoms with Crippen LogP contribution in [0.1, 0.15) is 49.3 Å². The molecule has 0 aliphatic rings. The Kier molecular flexibility index (Phi) is 5.22. The molecule has 0 aliphatic carbocycles. The molecule has 0 saturated carbocycles. The van der Waals surface area contributed by atoms with Crippen molar-refractivity contribution in [3.05, 3.63) is 45.2 Å². The van der Waals surface area contributed by atoms with Crippen molar-refractivity contribution < 1.29 is 0 Å². The van der Waals surface area contributed by atoms with Crippen LogP contribution in [0.3, 0.4) is 0 Å².